The summed E-state index contributed by atoms with van der Waals surface area (Å²) in [4.78, 5) is 0. The minimum atomic E-state index is -3.02. The molecule has 0 bridgehead atoms. The second-order valence-corrected chi connectivity index (χ2v) is 10.1. The summed E-state index contributed by atoms with van der Waals surface area (Å²) in [5.41, 5.74) is 0. The van der Waals surface area contributed by atoms with E-state index in [0.29, 0.717) is 38.9 Å². The van der Waals surface area contributed by atoms with Crippen molar-refractivity contribution in [1.82, 2.24) is 0 Å². The van der Waals surface area contributed by atoms with Gasteiger partial charge >= 0.3 is 0 Å². The molecule has 0 aliphatic heterocycles. The second-order valence-electron chi connectivity index (χ2n) is 4.71. The molecule has 0 aromatic rings. The van der Waals surface area contributed by atoms with E-state index in [2.05, 4.69) is 0 Å². The summed E-state index contributed by atoms with van der Waals surface area (Å²) in [6, 6.07) is 0. The Labute approximate surface area is 138 Å². The van der Waals surface area contributed by atoms with Crippen molar-refractivity contribution in [3.05, 3.63) is 0 Å². The van der Waals surface area contributed by atoms with E-state index in [-0.39, 0.29) is 34.8 Å². The van der Waals surface area contributed by atoms with Gasteiger partial charge < -0.3 is 4.74 Å². The Morgan fingerprint density at radius 1 is 0.619 bits per heavy atom. The SMILES string of the molecule is O=S(=O)(CCCl)CCCCOCCCCS(=O)(=O)CCCl. The van der Waals surface area contributed by atoms with Crippen LogP contribution in [0.15, 0.2) is 0 Å². The summed E-state index contributed by atoms with van der Waals surface area (Å²) in [5.74, 6) is 0.578. The number of hydrogen-bond acceptors (Lipinski definition) is 5. The predicted molar refractivity (Wildman–Crippen MR) is 88.0 cm³/mol. The molecule has 0 radical (unpaired) electrons. The third-order valence-corrected chi connectivity index (χ3v) is 7.06. The number of sulfone groups is 2. The number of rotatable bonds is 14. The lowest BCUT2D eigenvalue weighted by atomic mass is 10.3. The molecule has 0 spiro atoms. The number of hydrogen-bond donors (Lipinski definition) is 0. The highest BCUT2D eigenvalue weighted by Gasteiger charge is 2.10. The molecular formula is C12H24Cl2O5S2. The fourth-order valence-electron chi connectivity index (χ4n) is 1.59. The molecule has 0 aliphatic carbocycles. The molecule has 21 heavy (non-hydrogen) atoms. The van der Waals surface area contributed by atoms with Gasteiger partial charge in [0.25, 0.3) is 0 Å². The first-order valence-corrected chi connectivity index (χ1v) is 11.6. The summed E-state index contributed by atoms with van der Waals surface area (Å²) in [5, 5.41) is 0. The number of ether oxygens (including phenoxy) is 1. The third-order valence-electron chi connectivity index (χ3n) is 2.76. The average Bonchev–Trinajstić information content (AvgIpc) is 2.36. The number of unbranched alkanes of at least 4 members (excludes halogenated alkanes) is 2. The minimum absolute atomic E-state index is 0.0200. The zero-order valence-corrected chi connectivity index (χ0v) is 15.2. The van der Waals surface area contributed by atoms with Gasteiger partial charge in [0.15, 0.2) is 19.7 Å². The molecule has 0 saturated heterocycles. The Morgan fingerprint density at radius 2 is 1.00 bits per heavy atom. The lowest BCUT2D eigenvalue weighted by Gasteiger charge is -2.05. The smallest absolute Gasteiger partial charge is 0.151 e. The summed E-state index contributed by atoms with van der Waals surface area (Å²) in [7, 11) is -6.04. The monoisotopic (exact) mass is 382 g/mol. The second kappa shape index (κ2) is 11.9. The molecule has 0 aromatic heterocycles. The normalized spacial score (nSPS) is 12.7. The highest BCUT2D eigenvalue weighted by molar-refractivity contribution is 7.91. The average molecular weight is 383 g/mol. The fraction of sp³-hybridized carbons (Fsp3) is 1.00. The van der Waals surface area contributed by atoms with Crippen LogP contribution in [0.25, 0.3) is 0 Å². The summed E-state index contributed by atoms with van der Waals surface area (Å²) in [6.45, 7) is 0.982. The van der Waals surface area contributed by atoms with E-state index in [4.69, 9.17) is 27.9 Å². The molecule has 9 heteroatoms. The third kappa shape index (κ3) is 13.8. The van der Waals surface area contributed by atoms with E-state index in [0.717, 1.165) is 0 Å². The molecule has 0 heterocycles. The van der Waals surface area contributed by atoms with Crippen LogP contribution >= 0.6 is 23.2 Å². The molecule has 0 amide bonds. The minimum Gasteiger partial charge on any atom is -0.381 e. The van der Waals surface area contributed by atoms with Gasteiger partial charge in [0.2, 0.25) is 0 Å². The van der Waals surface area contributed by atoms with Gasteiger partial charge in [-0.1, -0.05) is 0 Å². The van der Waals surface area contributed by atoms with Crippen molar-refractivity contribution in [3.63, 3.8) is 0 Å². The molecular weight excluding hydrogens is 359 g/mol. The molecule has 0 unspecified atom stereocenters. The van der Waals surface area contributed by atoms with E-state index in [1.54, 1.807) is 0 Å². The van der Waals surface area contributed by atoms with Crippen molar-refractivity contribution < 1.29 is 21.6 Å². The van der Waals surface area contributed by atoms with Crippen molar-refractivity contribution in [2.24, 2.45) is 0 Å². The van der Waals surface area contributed by atoms with E-state index in [1.165, 1.54) is 0 Å². The predicted octanol–water partition coefficient (Wildman–Crippen LogP) is 1.87. The maximum Gasteiger partial charge on any atom is 0.151 e. The van der Waals surface area contributed by atoms with Crippen LogP contribution in [0, 0.1) is 0 Å². The lowest BCUT2D eigenvalue weighted by molar-refractivity contribution is 0.128. The molecule has 0 atom stereocenters. The molecule has 0 fully saturated rings. The van der Waals surface area contributed by atoms with Gasteiger partial charge in [-0.15, -0.1) is 23.2 Å². The molecule has 0 aromatic carbocycles. The van der Waals surface area contributed by atoms with Crippen LogP contribution in [0.5, 0.6) is 0 Å². The van der Waals surface area contributed by atoms with Gasteiger partial charge in [0.05, 0.1) is 23.0 Å². The Balaban J connectivity index is 3.46. The molecule has 0 N–H and O–H groups in total. The van der Waals surface area contributed by atoms with Crippen LogP contribution in [0.2, 0.25) is 0 Å². The van der Waals surface area contributed by atoms with Crippen molar-refractivity contribution in [3.8, 4) is 0 Å². The van der Waals surface area contributed by atoms with Gasteiger partial charge in [0, 0.05) is 25.0 Å². The van der Waals surface area contributed by atoms with Crippen LogP contribution in [0.3, 0.4) is 0 Å². The summed E-state index contributed by atoms with van der Waals surface area (Å²) >= 11 is 10.8. The van der Waals surface area contributed by atoms with E-state index < -0.39 is 19.7 Å². The van der Waals surface area contributed by atoms with Crippen molar-refractivity contribution in [2.75, 3.05) is 48.0 Å². The maximum absolute atomic E-state index is 11.4. The highest BCUT2D eigenvalue weighted by atomic mass is 35.5. The van der Waals surface area contributed by atoms with Gasteiger partial charge in [0.1, 0.15) is 0 Å². The standard InChI is InChI=1S/C12H24Cl2O5S2/c13-5-11-20(15,16)9-3-1-7-19-8-2-4-10-21(17,18)12-6-14/h1-12H2. The van der Waals surface area contributed by atoms with Crippen molar-refractivity contribution in [1.29, 1.82) is 0 Å². The molecule has 5 nitrogen and oxygen atoms in total. The Kier molecular flexibility index (Phi) is 12.2. The van der Waals surface area contributed by atoms with Crippen LogP contribution in [-0.4, -0.2) is 64.8 Å². The summed E-state index contributed by atoms with van der Waals surface area (Å²) < 4.78 is 50.8. The van der Waals surface area contributed by atoms with Crippen molar-refractivity contribution >= 4 is 42.9 Å². The lowest BCUT2D eigenvalue weighted by Crippen LogP contribution is -2.13. The summed E-state index contributed by atoms with van der Waals surface area (Å²) in [6.07, 6.45) is 2.46. The largest absolute Gasteiger partial charge is 0.381 e. The van der Waals surface area contributed by atoms with E-state index in [1.807, 2.05) is 0 Å². The van der Waals surface area contributed by atoms with Crippen LogP contribution in [0.1, 0.15) is 25.7 Å². The first-order chi connectivity index (χ1) is 9.83. The number of alkyl halides is 2. The zero-order valence-electron chi connectivity index (χ0n) is 12.1. The number of halogens is 2. The van der Waals surface area contributed by atoms with Crippen LogP contribution in [-0.2, 0) is 24.4 Å². The maximum atomic E-state index is 11.4. The molecule has 128 valence electrons. The molecule has 0 aliphatic rings. The van der Waals surface area contributed by atoms with Gasteiger partial charge in [-0.3, -0.25) is 0 Å². The highest BCUT2D eigenvalue weighted by Crippen LogP contribution is 2.02. The van der Waals surface area contributed by atoms with Crippen LogP contribution in [0.4, 0.5) is 0 Å². The van der Waals surface area contributed by atoms with Crippen LogP contribution < -0.4 is 0 Å². The Hall–Kier alpha value is 0.440. The zero-order chi connectivity index (χ0) is 16.2. The van der Waals surface area contributed by atoms with Crippen molar-refractivity contribution in [2.45, 2.75) is 25.7 Å². The topological polar surface area (TPSA) is 77.5 Å². The van der Waals surface area contributed by atoms with E-state index in [9.17, 15) is 16.8 Å². The van der Waals surface area contributed by atoms with Gasteiger partial charge in [-0.25, -0.2) is 16.8 Å². The Morgan fingerprint density at radius 3 is 1.33 bits per heavy atom. The first-order valence-electron chi connectivity index (χ1n) is 6.93. The van der Waals surface area contributed by atoms with Gasteiger partial charge in [-0.05, 0) is 25.7 Å². The first kappa shape index (κ1) is 21.4. The molecule has 0 rings (SSSR count). The Bertz CT molecular complexity index is 406. The van der Waals surface area contributed by atoms with Gasteiger partial charge in [-0.2, -0.15) is 0 Å². The molecule has 0 saturated carbocycles. The van der Waals surface area contributed by atoms with E-state index >= 15 is 0 Å². The quantitative estimate of drug-likeness (QED) is 0.338. The fourth-order valence-corrected chi connectivity index (χ4v) is 5.17.